The summed E-state index contributed by atoms with van der Waals surface area (Å²) >= 11 is 3.11. The van der Waals surface area contributed by atoms with Crippen molar-refractivity contribution in [1.82, 2.24) is 10.2 Å². The van der Waals surface area contributed by atoms with Gasteiger partial charge in [-0.2, -0.15) is 0 Å². The van der Waals surface area contributed by atoms with E-state index < -0.39 is 29.6 Å². The minimum Gasteiger partial charge on any atom is -0.481 e. The van der Waals surface area contributed by atoms with Gasteiger partial charge in [-0.05, 0) is 56.5 Å². The number of hydrogen-bond acceptors (Lipinski definition) is 6. The van der Waals surface area contributed by atoms with Crippen LogP contribution >= 0.6 is 22.7 Å². The number of aliphatic carboxylic acids is 1. The average molecular weight is 467 g/mol. The van der Waals surface area contributed by atoms with Gasteiger partial charge in [-0.15, -0.1) is 22.7 Å². The van der Waals surface area contributed by atoms with Crippen molar-refractivity contribution >= 4 is 40.6 Å². The van der Waals surface area contributed by atoms with Crippen LogP contribution in [0.4, 0.5) is 4.79 Å². The summed E-state index contributed by atoms with van der Waals surface area (Å²) in [6.45, 7) is 7.65. The number of thiophene rings is 2. The van der Waals surface area contributed by atoms with E-state index in [0.717, 1.165) is 9.75 Å². The maximum absolute atomic E-state index is 13.5. The van der Waals surface area contributed by atoms with Crippen LogP contribution in [0.5, 0.6) is 0 Å². The van der Waals surface area contributed by atoms with Gasteiger partial charge < -0.3 is 20.1 Å². The van der Waals surface area contributed by atoms with Crippen LogP contribution in [0, 0.1) is 5.92 Å². The molecular weight excluding hydrogens is 436 g/mol. The van der Waals surface area contributed by atoms with E-state index in [0.29, 0.717) is 13.1 Å². The molecule has 170 valence electrons. The maximum Gasteiger partial charge on any atom is 0.408 e. The monoisotopic (exact) mass is 466 g/mol. The number of nitrogens with one attached hydrogen (secondary N) is 1. The van der Waals surface area contributed by atoms with E-state index in [1.807, 2.05) is 35.0 Å². The van der Waals surface area contributed by atoms with Gasteiger partial charge in [-0.25, -0.2) is 4.79 Å². The van der Waals surface area contributed by atoms with Crippen LogP contribution < -0.4 is 5.32 Å². The molecule has 0 radical (unpaired) electrons. The molecule has 0 aliphatic heterocycles. The molecule has 2 N–H and O–H groups in total. The first-order valence-electron chi connectivity index (χ1n) is 10.1. The lowest BCUT2D eigenvalue weighted by Gasteiger charge is -2.29. The number of rotatable bonds is 10. The SMILES string of the molecule is CC(CC[C@H](NC(=O)OC(C)(C)C)C(=O)N(Cc1cccs1)Cc1cccs1)C(=O)O. The molecular formula is C22H30N2O5S2. The fraction of sp³-hybridized carbons (Fsp3) is 0.500. The van der Waals surface area contributed by atoms with Gasteiger partial charge in [0.25, 0.3) is 0 Å². The molecule has 0 aliphatic carbocycles. The highest BCUT2D eigenvalue weighted by Crippen LogP contribution is 2.20. The van der Waals surface area contributed by atoms with Crippen molar-refractivity contribution in [3.63, 3.8) is 0 Å². The van der Waals surface area contributed by atoms with Crippen molar-refractivity contribution in [2.75, 3.05) is 0 Å². The van der Waals surface area contributed by atoms with Crippen LogP contribution in [-0.4, -0.2) is 39.6 Å². The van der Waals surface area contributed by atoms with Crippen LogP contribution in [0.3, 0.4) is 0 Å². The molecule has 2 heterocycles. The Labute approximate surface area is 191 Å². The lowest BCUT2D eigenvalue weighted by molar-refractivity contribution is -0.142. The third-order valence-electron chi connectivity index (χ3n) is 4.46. The molecule has 1 unspecified atom stereocenters. The minimum atomic E-state index is -0.933. The van der Waals surface area contributed by atoms with Gasteiger partial charge in [-0.3, -0.25) is 9.59 Å². The summed E-state index contributed by atoms with van der Waals surface area (Å²) in [5.41, 5.74) is -0.709. The summed E-state index contributed by atoms with van der Waals surface area (Å²) in [5.74, 6) is -1.82. The standard InChI is InChI=1S/C22H30N2O5S2/c1-15(20(26)27)9-10-18(23-21(28)29-22(2,3)4)19(25)24(13-16-7-5-11-30-16)14-17-8-6-12-31-17/h5-8,11-12,15,18H,9-10,13-14H2,1-4H3,(H,23,28)(H,26,27)/t15?,18-/m0/s1. The number of alkyl carbamates (subject to hydrolysis) is 1. The number of nitrogens with zero attached hydrogens (tertiary/aromatic N) is 1. The summed E-state index contributed by atoms with van der Waals surface area (Å²) in [7, 11) is 0. The van der Waals surface area contributed by atoms with Crippen molar-refractivity contribution < 1.29 is 24.2 Å². The smallest absolute Gasteiger partial charge is 0.408 e. The van der Waals surface area contributed by atoms with Gasteiger partial charge in [0.1, 0.15) is 11.6 Å². The predicted molar refractivity (Wildman–Crippen MR) is 122 cm³/mol. The van der Waals surface area contributed by atoms with E-state index in [1.165, 1.54) is 0 Å². The second kappa shape index (κ2) is 11.3. The van der Waals surface area contributed by atoms with E-state index in [1.54, 1.807) is 55.3 Å². The molecule has 0 aromatic carbocycles. The van der Waals surface area contributed by atoms with Gasteiger partial charge in [0, 0.05) is 9.75 Å². The third kappa shape index (κ3) is 8.70. The number of carboxylic acid groups (broad SMARTS) is 1. The Kier molecular flexibility index (Phi) is 9.06. The average Bonchev–Trinajstić information content (AvgIpc) is 3.36. The van der Waals surface area contributed by atoms with Gasteiger partial charge in [0.2, 0.25) is 5.91 Å². The number of amides is 2. The minimum absolute atomic E-state index is 0.205. The predicted octanol–water partition coefficient (Wildman–Crippen LogP) is 4.73. The first-order valence-corrected chi connectivity index (χ1v) is 11.9. The second-order valence-electron chi connectivity index (χ2n) is 8.37. The zero-order valence-corrected chi connectivity index (χ0v) is 19.9. The van der Waals surface area contributed by atoms with E-state index in [2.05, 4.69) is 5.32 Å². The van der Waals surface area contributed by atoms with Crippen LogP contribution in [0.2, 0.25) is 0 Å². The first kappa shape index (κ1) is 24.9. The van der Waals surface area contributed by atoms with Crippen LogP contribution in [-0.2, 0) is 27.4 Å². The Morgan fingerprint density at radius 3 is 2.03 bits per heavy atom. The first-order chi connectivity index (χ1) is 14.5. The zero-order chi connectivity index (χ0) is 23.0. The quantitative estimate of drug-likeness (QED) is 0.528. The van der Waals surface area contributed by atoms with Gasteiger partial charge in [0.05, 0.1) is 19.0 Å². The molecule has 2 rings (SSSR count). The molecule has 2 amide bonds. The topological polar surface area (TPSA) is 95.9 Å². The Hall–Kier alpha value is -2.39. The van der Waals surface area contributed by atoms with Crippen LogP contribution in [0.15, 0.2) is 35.0 Å². The Morgan fingerprint density at radius 2 is 1.61 bits per heavy atom. The van der Waals surface area contributed by atoms with Crippen molar-refractivity contribution in [3.8, 4) is 0 Å². The molecule has 2 atom stereocenters. The molecule has 0 bridgehead atoms. The normalized spacial score (nSPS) is 13.3. The fourth-order valence-corrected chi connectivity index (χ4v) is 4.30. The molecule has 0 fully saturated rings. The third-order valence-corrected chi connectivity index (χ3v) is 6.19. The second-order valence-corrected chi connectivity index (χ2v) is 10.4. The summed E-state index contributed by atoms with van der Waals surface area (Å²) in [4.78, 5) is 40.9. The Balaban J connectivity index is 2.21. The zero-order valence-electron chi connectivity index (χ0n) is 18.3. The molecule has 7 nitrogen and oxygen atoms in total. The van der Waals surface area contributed by atoms with E-state index in [4.69, 9.17) is 4.74 Å². The Bertz CT molecular complexity index is 808. The van der Waals surface area contributed by atoms with Gasteiger partial charge >= 0.3 is 12.1 Å². The van der Waals surface area contributed by atoms with Gasteiger partial charge in [-0.1, -0.05) is 19.1 Å². The molecule has 31 heavy (non-hydrogen) atoms. The molecule has 2 aromatic rings. The van der Waals surface area contributed by atoms with Gasteiger partial charge in [0.15, 0.2) is 0 Å². The number of carboxylic acids is 1. The summed E-state index contributed by atoms with van der Waals surface area (Å²) < 4.78 is 5.33. The van der Waals surface area contributed by atoms with Crippen molar-refractivity contribution in [2.24, 2.45) is 5.92 Å². The lowest BCUT2D eigenvalue weighted by atomic mass is 10.0. The van der Waals surface area contributed by atoms with E-state index in [-0.39, 0.29) is 18.7 Å². The van der Waals surface area contributed by atoms with Crippen molar-refractivity contribution in [3.05, 3.63) is 44.8 Å². The Morgan fingerprint density at radius 1 is 1.06 bits per heavy atom. The maximum atomic E-state index is 13.5. The molecule has 0 spiro atoms. The van der Waals surface area contributed by atoms with E-state index in [9.17, 15) is 19.5 Å². The van der Waals surface area contributed by atoms with Crippen LogP contribution in [0.1, 0.15) is 50.3 Å². The van der Waals surface area contributed by atoms with E-state index >= 15 is 0 Å². The highest BCUT2D eigenvalue weighted by atomic mass is 32.1. The summed E-state index contributed by atoms with van der Waals surface area (Å²) in [6.07, 6.45) is -0.231. The number of carbonyl (C=O) groups excluding carboxylic acids is 2. The molecule has 0 aliphatic rings. The summed E-state index contributed by atoms with van der Waals surface area (Å²) in [5, 5.41) is 15.8. The highest BCUT2D eigenvalue weighted by molar-refractivity contribution is 7.10. The van der Waals surface area contributed by atoms with Crippen molar-refractivity contribution in [2.45, 2.75) is 65.3 Å². The highest BCUT2D eigenvalue weighted by Gasteiger charge is 2.29. The molecule has 0 saturated carbocycles. The molecule has 0 saturated heterocycles. The number of carbonyl (C=O) groups is 3. The molecule has 2 aromatic heterocycles. The largest absolute Gasteiger partial charge is 0.481 e. The van der Waals surface area contributed by atoms with Crippen molar-refractivity contribution in [1.29, 1.82) is 0 Å². The summed E-state index contributed by atoms with van der Waals surface area (Å²) in [6, 6.07) is 6.90. The van der Waals surface area contributed by atoms with Crippen LogP contribution in [0.25, 0.3) is 0 Å². The lowest BCUT2D eigenvalue weighted by Crippen LogP contribution is -2.49. The number of ether oxygens (including phenoxy) is 1. The fourth-order valence-electron chi connectivity index (χ4n) is 2.86. The molecule has 9 heteroatoms. The number of hydrogen-bond donors (Lipinski definition) is 2.